The molecule has 0 aliphatic carbocycles. The fourth-order valence-corrected chi connectivity index (χ4v) is 2.53. The number of methoxy groups -OCH3 is 1. The van der Waals surface area contributed by atoms with Crippen molar-refractivity contribution >= 4 is 40.0 Å². The first-order valence-corrected chi connectivity index (χ1v) is 6.43. The first-order valence-electron chi connectivity index (χ1n) is 5.52. The number of halogens is 2. The van der Waals surface area contributed by atoms with E-state index in [9.17, 15) is 4.79 Å². The second-order valence-electron chi connectivity index (χ2n) is 3.88. The summed E-state index contributed by atoms with van der Waals surface area (Å²) < 4.78 is 4.80. The summed E-state index contributed by atoms with van der Waals surface area (Å²) in [6, 6.07) is 7.54. The van der Waals surface area contributed by atoms with Crippen LogP contribution in [0.2, 0.25) is 0 Å². The quantitative estimate of drug-likeness (QED) is 0.510. The van der Waals surface area contributed by atoms with Crippen LogP contribution in [-0.4, -0.2) is 37.7 Å². The van der Waals surface area contributed by atoms with E-state index in [0.29, 0.717) is 5.56 Å². The lowest BCUT2D eigenvalue weighted by molar-refractivity contribution is 0.0601. The Morgan fingerprint density at radius 1 is 1.50 bits per heavy atom. The Labute approximate surface area is 121 Å². The Bertz CT molecular complexity index is 417. The number of carbonyl (C=O) groups is 1. The Kier molecular flexibility index (Phi) is 5.91. The Hall–Kier alpha value is -0.780. The molecule has 1 saturated heterocycles. The molecule has 18 heavy (non-hydrogen) atoms. The van der Waals surface area contributed by atoms with Gasteiger partial charge in [0.1, 0.15) is 0 Å². The number of alkyl halides is 1. The van der Waals surface area contributed by atoms with Gasteiger partial charge in [0.25, 0.3) is 0 Å². The van der Waals surface area contributed by atoms with Crippen molar-refractivity contribution < 1.29 is 9.53 Å². The molecule has 1 fully saturated rings. The lowest BCUT2D eigenvalue weighted by Crippen LogP contribution is -2.48. The number of nitrogens with zero attached hydrogens (tertiary/aromatic N) is 1. The zero-order chi connectivity index (χ0) is 12.3. The number of hydrogen-bond donors (Lipinski definition) is 1. The van der Waals surface area contributed by atoms with E-state index in [1.807, 2.05) is 18.2 Å². The van der Waals surface area contributed by atoms with Crippen LogP contribution in [0, 0.1) is 0 Å². The second-order valence-corrected chi connectivity index (χ2v) is 4.98. The van der Waals surface area contributed by atoms with Gasteiger partial charge in [-0.05, 0) is 12.1 Å². The molecule has 1 N–H and O–H groups in total. The van der Waals surface area contributed by atoms with Crippen molar-refractivity contribution in [1.82, 2.24) is 5.32 Å². The van der Waals surface area contributed by atoms with Gasteiger partial charge in [-0.25, -0.2) is 4.79 Å². The minimum absolute atomic E-state index is 0. The summed E-state index contributed by atoms with van der Waals surface area (Å²) in [6.45, 7) is 2.61. The van der Waals surface area contributed by atoms with Gasteiger partial charge < -0.3 is 15.0 Å². The van der Waals surface area contributed by atoms with Crippen molar-refractivity contribution in [3.05, 3.63) is 29.8 Å². The number of benzene rings is 1. The Morgan fingerprint density at radius 2 is 2.22 bits per heavy atom. The molecule has 0 saturated carbocycles. The van der Waals surface area contributed by atoms with Gasteiger partial charge in [0, 0.05) is 19.6 Å². The fourth-order valence-electron chi connectivity index (χ4n) is 1.96. The minimum Gasteiger partial charge on any atom is -0.465 e. The lowest BCUT2D eigenvalue weighted by atomic mass is 10.1. The van der Waals surface area contributed by atoms with Crippen molar-refractivity contribution in [2.24, 2.45) is 0 Å². The minimum atomic E-state index is -0.287. The Balaban J connectivity index is 0.00000162. The molecule has 1 aliphatic rings. The van der Waals surface area contributed by atoms with Crippen LogP contribution >= 0.6 is 28.3 Å². The van der Waals surface area contributed by atoms with Gasteiger partial charge in [0.15, 0.2) is 0 Å². The standard InChI is InChI=1S/C12H15BrN2O2.ClH/c1-17-12(16)9-4-2-3-5-10(9)15-7-6-14-11(13)8-15;/h2-5,11,14H,6-8H2,1H3;1H. The topological polar surface area (TPSA) is 41.6 Å². The summed E-state index contributed by atoms with van der Waals surface area (Å²) in [6.07, 6.45) is 0. The number of esters is 1. The van der Waals surface area contributed by atoms with Crippen LogP contribution in [0.1, 0.15) is 10.4 Å². The maximum atomic E-state index is 11.7. The van der Waals surface area contributed by atoms with Crippen molar-refractivity contribution in [3.63, 3.8) is 0 Å². The van der Waals surface area contributed by atoms with Gasteiger partial charge in [-0.15, -0.1) is 12.4 Å². The highest BCUT2D eigenvalue weighted by molar-refractivity contribution is 9.09. The molecule has 1 heterocycles. The average molecular weight is 336 g/mol. The summed E-state index contributed by atoms with van der Waals surface area (Å²) in [4.78, 5) is 14.1. The number of nitrogens with one attached hydrogen (secondary N) is 1. The summed E-state index contributed by atoms with van der Waals surface area (Å²) in [7, 11) is 1.41. The molecule has 4 nitrogen and oxygen atoms in total. The summed E-state index contributed by atoms with van der Waals surface area (Å²) in [5, 5.41) is 3.30. The molecule has 1 aliphatic heterocycles. The molecule has 1 atom stereocenters. The predicted octanol–water partition coefficient (Wildman–Crippen LogP) is 2.03. The number of anilines is 1. The zero-order valence-corrected chi connectivity index (χ0v) is 12.5. The molecule has 1 aromatic carbocycles. The van der Waals surface area contributed by atoms with Crippen LogP contribution in [0.5, 0.6) is 0 Å². The zero-order valence-electron chi connectivity index (χ0n) is 10.1. The SMILES string of the molecule is COC(=O)c1ccccc1N1CCNC(Br)C1.Cl. The molecule has 0 bridgehead atoms. The summed E-state index contributed by atoms with van der Waals surface area (Å²) >= 11 is 3.54. The van der Waals surface area contributed by atoms with Gasteiger partial charge >= 0.3 is 5.97 Å². The highest BCUT2D eigenvalue weighted by Gasteiger charge is 2.21. The number of piperazine rings is 1. The van der Waals surface area contributed by atoms with E-state index in [-0.39, 0.29) is 23.3 Å². The number of rotatable bonds is 2. The third kappa shape index (κ3) is 3.37. The number of carbonyl (C=O) groups excluding carboxylic acids is 1. The van der Waals surface area contributed by atoms with E-state index < -0.39 is 0 Å². The van der Waals surface area contributed by atoms with E-state index in [1.165, 1.54) is 7.11 Å². The molecule has 0 aromatic heterocycles. The monoisotopic (exact) mass is 334 g/mol. The smallest absolute Gasteiger partial charge is 0.339 e. The van der Waals surface area contributed by atoms with E-state index in [0.717, 1.165) is 25.3 Å². The maximum absolute atomic E-state index is 11.7. The largest absolute Gasteiger partial charge is 0.465 e. The van der Waals surface area contributed by atoms with Crippen LogP contribution in [0.4, 0.5) is 5.69 Å². The molecular formula is C12H16BrClN2O2. The van der Waals surface area contributed by atoms with Crippen LogP contribution < -0.4 is 10.2 Å². The molecule has 1 aromatic rings. The van der Waals surface area contributed by atoms with Gasteiger partial charge in [-0.1, -0.05) is 28.1 Å². The molecule has 100 valence electrons. The Morgan fingerprint density at radius 3 is 2.89 bits per heavy atom. The molecule has 0 amide bonds. The first kappa shape index (κ1) is 15.3. The summed E-state index contributed by atoms with van der Waals surface area (Å²) in [5.41, 5.74) is 1.56. The molecule has 0 spiro atoms. The maximum Gasteiger partial charge on any atom is 0.339 e. The normalized spacial score (nSPS) is 19.0. The van der Waals surface area contributed by atoms with Crippen LogP contribution in [0.25, 0.3) is 0 Å². The molecule has 1 unspecified atom stereocenters. The molecule has 6 heteroatoms. The van der Waals surface area contributed by atoms with E-state index in [4.69, 9.17) is 4.74 Å². The van der Waals surface area contributed by atoms with E-state index >= 15 is 0 Å². The van der Waals surface area contributed by atoms with E-state index in [2.05, 4.69) is 26.1 Å². The van der Waals surface area contributed by atoms with Gasteiger partial charge in [-0.3, -0.25) is 0 Å². The number of hydrogen-bond acceptors (Lipinski definition) is 4. The number of para-hydroxylation sites is 1. The van der Waals surface area contributed by atoms with Crippen LogP contribution in [0.3, 0.4) is 0 Å². The number of ether oxygens (including phenoxy) is 1. The fraction of sp³-hybridized carbons (Fsp3) is 0.417. The van der Waals surface area contributed by atoms with Gasteiger partial charge in [0.05, 0.1) is 23.3 Å². The van der Waals surface area contributed by atoms with Gasteiger partial charge in [0.2, 0.25) is 0 Å². The van der Waals surface area contributed by atoms with Crippen molar-refractivity contribution in [2.75, 3.05) is 31.6 Å². The molecular weight excluding hydrogens is 320 g/mol. The van der Waals surface area contributed by atoms with Gasteiger partial charge in [-0.2, -0.15) is 0 Å². The van der Waals surface area contributed by atoms with Crippen LogP contribution in [0.15, 0.2) is 24.3 Å². The second kappa shape index (κ2) is 6.97. The van der Waals surface area contributed by atoms with Crippen molar-refractivity contribution in [2.45, 2.75) is 4.95 Å². The third-order valence-electron chi connectivity index (χ3n) is 2.78. The third-order valence-corrected chi connectivity index (χ3v) is 3.39. The highest BCUT2D eigenvalue weighted by Crippen LogP contribution is 2.23. The van der Waals surface area contributed by atoms with Crippen molar-refractivity contribution in [1.29, 1.82) is 0 Å². The van der Waals surface area contributed by atoms with E-state index in [1.54, 1.807) is 6.07 Å². The predicted molar refractivity (Wildman–Crippen MR) is 78.0 cm³/mol. The molecule has 0 radical (unpaired) electrons. The summed E-state index contributed by atoms with van der Waals surface area (Å²) in [5.74, 6) is -0.287. The first-order chi connectivity index (χ1) is 8.22. The highest BCUT2D eigenvalue weighted by atomic mass is 79.9. The molecule has 2 rings (SSSR count). The lowest BCUT2D eigenvalue weighted by Gasteiger charge is -2.33. The van der Waals surface area contributed by atoms with Crippen LogP contribution in [-0.2, 0) is 4.74 Å². The average Bonchev–Trinajstić information content (AvgIpc) is 2.38. The van der Waals surface area contributed by atoms with Crippen molar-refractivity contribution in [3.8, 4) is 0 Å².